The summed E-state index contributed by atoms with van der Waals surface area (Å²) in [7, 11) is 3.82. The quantitative estimate of drug-likeness (QED) is 0.665. The number of anilines is 1. The van der Waals surface area contributed by atoms with Crippen molar-refractivity contribution in [3.8, 4) is 6.07 Å². The minimum atomic E-state index is -0.588. The van der Waals surface area contributed by atoms with Crippen LogP contribution in [0.4, 0.5) is 10.5 Å². The van der Waals surface area contributed by atoms with E-state index in [0.29, 0.717) is 13.1 Å². The zero-order chi connectivity index (χ0) is 23.3. The second-order valence-electron chi connectivity index (χ2n) is 9.48. The van der Waals surface area contributed by atoms with Gasteiger partial charge in [-0.25, -0.2) is 10.2 Å². The predicted octanol–water partition coefficient (Wildman–Crippen LogP) is 2.29. The van der Waals surface area contributed by atoms with Crippen molar-refractivity contribution < 1.29 is 4.79 Å². The van der Waals surface area contributed by atoms with E-state index in [2.05, 4.69) is 40.5 Å². The Kier molecular flexibility index (Phi) is 4.94. The summed E-state index contributed by atoms with van der Waals surface area (Å²) in [5.74, 6) is 0. The van der Waals surface area contributed by atoms with Crippen LogP contribution >= 0.6 is 0 Å². The molecule has 0 radical (unpaired) electrons. The maximum absolute atomic E-state index is 13.4. The molecule has 0 fully saturated rings. The summed E-state index contributed by atoms with van der Waals surface area (Å²) < 4.78 is 0. The Hall–Kier alpha value is -3.70. The Bertz CT molecular complexity index is 1170. The minimum absolute atomic E-state index is 0.0465. The first kappa shape index (κ1) is 21.2. The fraction of sp³-hybridized carbons (Fsp3) is 0.360. The molecule has 3 N–H and O–H groups in total. The minimum Gasteiger partial charge on any atom is -0.379 e. The molecular formula is C25H29N7O. The van der Waals surface area contributed by atoms with Crippen molar-refractivity contribution in [1.29, 1.82) is 5.26 Å². The van der Waals surface area contributed by atoms with Crippen molar-refractivity contribution in [2.75, 3.05) is 38.6 Å². The summed E-state index contributed by atoms with van der Waals surface area (Å²) in [6.45, 7) is 5.84. The monoisotopic (exact) mass is 443 g/mol. The van der Waals surface area contributed by atoms with Gasteiger partial charge in [0.15, 0.2) is 0 Å². The molecular weight excluding hydrogens is 414 g/mol. The first-order valence-electron chi connectivity index (χ1n) is 11.2. The summed E-state index contributed by atoms with van der Waals surface area (Å²) in [6.07, 6.45) is 6.37. The predicted molar refractivity (Wildman–Crippen MR) is 128 cm³/mol. The number of carbonyl (C=O) groups excluding carboxylic acids is 1. The molecule has 0 aliphatic carbocycles. The van der Waals surface area contributed by atoms with Crippen molar-refractivity contribution in [3.05, 3.63) is 76.4 Å². The molecule has 0 aromatic heterocycles. The summed E-state index contributed by atoms with van der Waals surface area (Å²) in [6, 6.07) is 10.1. The molecule has 8 heteroatoms. The van der Waals surface area contributed by atoms with Crippen LogP contribution in [0.15, 0.2) is 70.9 Å². The van der Waals surface area contributed by atoms with E-state index in [1.165, 1.54) is 5.57 Å². The number of nitrogens with one attached hydrogen (secondary N) is 3. The van der Waals surface area contributed by atoms with Crippen molar-refractivity contribution in [2.24, 2.45) is 0 Å². The Labute approximate surface area is 194 Å². The number of hydrazine groups is 1. The molecule has 4 aliphatic heterocycles. The first-order chi connectivity index (χ1) is 15.8. The van der Waals surface area contributed by atoms with Crippen LogP contribution in [0.3, 0.4) is 0 Å². The van der Waals surface area contributed by atoms with Gasteiger partial charge in [0, 0.05) is 39.9 Å². The number of nitriles is 1. The molecule has 0 saturated carbocycles. The third-order valence-electron chi connectivity index (χ3n) is 6.68. The molecule has 0 saturated heterocycles. The Morgan fingerprint density at radius 3 is 2.58 bits per heavy atom. The van der Waals surface area contributed by atoms with Gasteiger partial charge in [0.2, 0.25) is 0 Å². The molecule has 1 unspecified atom stereocenters. The third-order valence-corrected chi connectivity index (χ3v) is 6.68. The van der Waals surface area contributed by atoms with Crippen LogP contribution in [-0.4, -0.2) is 55.7 Å². The molecule has 0 bridgehead atoms. The lowest BCUT2D eigenvalue weighted by molar-refractivity contribution is 0.217. The van der Waals surface area contributed by atoms with E-state index >= 15 is 0 Å². The number of nitrogens with zero attached hydrogens (tertiary/aromatic N) is 4. The second-order valence-corrected chi connectivity index (χ2v) is 9.48. The van der Waals surface area contributed by atoms with Gasteiger partial charge < -0.3 is 20.5 Å². The van der Waals surface area contributed by atoms with Gasteiger partial charge in [-0.2, -0.15) is 5.26 Å². The first-order valence-corrected chi connectivity index (χ1v) is 11.2. The standard InChI is InChI=1S/C25H29N7O/c1-25(2,15-26)18-5-7-19(8-6-18)32-23-17(13-30(3)24(32)33)11-27-21-10-9-20(29-22(21)23)16-12-28-31(4)14-16/h5-10,14,20,27-29H,11-13H2,1-4H3. The largest absolute Gasteiger partial charge is 0.379 e. The van der Waals surface area contributed by atoms with E-state index in [0.717, 1.165) is 40.5 Å². The van der Waals surface area contributed by atoms with Gasteiger partial charge in [-0.15, -0.1) is 0 Å². The summed E-state index contributed by atoms with van der Waals surface area (Å²) in [5.41, 5.74) is 9.69. The van der Waals surface area contributed by atoms with Crippen molar-refractivity contribution in [1.82, 2.24) is 26.0 Å². The highest BCUT2D eigenvalue weighted by Gasteiger charge is 2.38. The van der Waals surface area contributed by atoms with E-state index in [9.17, 15) is 10.1 Å². The Morgan fingerprint density at radius 1 is 1.15 bits per heavy atom. The maximum Gasteiger partial charge on any atom is 0.329 e. The van der Waals surface area contributed by atoms with E-state index < -0.39 is 5.41 Å². The number of rotatable bonds is 3. The summed E-state index contributed by atoms with van der Waals surface area (Å²) in [5, 5.41) is 18.6. The van der Waals surface area contributed by atoms with E-state index in [1.807, 2.05) is 57.2 Å². The van der Waals surface area contributed by atoms with Gasteiger partial charge in [-0.3, -0.25) is 4.90 Å². The van der Waals surface area contributed by atoms with Gasteiger partial charge in [-0.1, -0.05) is 18.2 Å². The molecule has 170 valence electrons. The fourth-order valence-electron chi connectivity index (χ4n) is 4.68. The van der Waals surface area contributed by atoms with Crippen molar-refractivity contribution >= 4 is 11.7 Å². The molecule has 2 amide bonds. The lowest BCUT2D eigenvalue weighted by Crippen LogP contribution is -2.52. The van der Waals surface area contributed by atoms with Crippen LogP contribution in [0.1, 0.15) is 19.4 Å². The summed E-state index contributed by atoms with van der Waals surface area (Å²) in [4.78, 5) is 17.0. The SMILES string of the molecule is CN1C=C(C2C=CC3=C(N2)C2=C(CN3)CN(C)C(=O)N2c2ccc(C(C)(C)C#N)cc2)CN1. The third kappa shape index (κ3) is 3.55. The Morgan fingerprint density at radius 2 is 1.91 bits per heavy atom. The topological polar surface area (TPSA) is 86.7 Å². The second kappa shape index (κ2) is 7.71. The molecule has 4 aliphatic rings. The highest BCUT2D eigenvalue weighted by Crippen LogP contribution is 2.36. The lowest BCUT2D eigenvalue weighted by Gasteiger charge is -2.42. The van der Waals surface area contributed by atoms with Crippen LogP contribution in [0.25, 0.3) is 0 Å². The van der Waals surface area contributed by atoms with Crippen LogP contribution in [0.5, 0.6) is 0 Å². The number of fused-ring (bicyclic) bond motifs is 1. The van der Waals surface area contributed by atoms with Gasteiger partial charge in [-0.05, 0) is 48.8 Å². The average Bonchev–Trinajstić information content (AvgIpc) is 3.26. The van der Waals surface area contributed by atoms with E-state index in [4.69, 9.17) is 0 Å². The highest BCUT2D eigenvalue weighted by molar-refractivity contribution is 5.98. The highest BCUT2D eigenvalue weighted by atomic mass is 16.2. The number of urea groups is 1. The normalized spacial score (nSPS) is 22.5. The van der Waals surface area contributed by atoms with Crippen LogP contribution in [-0.2, 0) is 5.41 Å². The molecule has 4 heterocycles. The number of allylic oxidation sites excluding steroid dienone is 1. The van der Waals surface area contributed by atoms with Gasteiger partial charge >= 0.3 is 6.03 Å². The molecule has 33 heavy (non-hydrogen) atoms. The molecule has 1 aromatic carbocycles. The lowest BCUT2D eigenvalue weighted by atomic mass is 9.86. The molecule has 5 rings (SSSR count). The van der Waals surface area contributed by atoms with Crippen molar-refractivity contribution in [2.45, 2.75) is 25.3 Å². The number of amides is 2. The van der Waals surface area contributed by atoms with Crippen molar-refractivity contribution in [3.63, 3.8) is 0 Å². The molecule has 1 aromatic rings. The van der Waals surface area contributed by atoms with Crippen LogP contribution in [0.2, 0.25) is 0 Å². The number of likely N-dealkylation sites (N-methyl/N-ethyl adjacent to an activating group) is 1. The molecule has 8 nitrogen and oxygen atoms in total. The smallest absolute Gasteiger partial charge is 0.329 e. The number of dihydropyridines is 2. The maximum atomic E-state index is 13.4. The molecule has 0 spiro atoms. The average molecular weight is 444 g/mol. The zero-order valence-electron chi connectivity index (χ0n) is 19.4. The van der Waals surface area contributed by atoms with Gasteiger partial charge in [0.05, 0.1) is 40.3 Å². The number of hydrogen-bond donors (Lipinski definition) is 3. The fourth-order valence-corrected chi connectivity index (χ4v) is 4.68. The molecule has 1 atom stereocenters. The number of hydrogen-bond acceptors (Lipinski definition) is 6. The van der Waals surface area contributed by atoms with Crippen LogP contribution < -0.4 is 21.0 Å². The summed E-state index contributed by atoms with van der Waals surface area (Å²) >= 11 is 0. The van der Waals surface area contributed by atoms with Gasteiger partial charge in [0.25, 0.3) is 0 Å². The van der Waals surface area contributed by atoms with E-state index in [-0.39, 0.29) is 12.1 Å². The van der Waals surface area contributed by atoms with E-state index in [1.54, 1.807) is 9.80 Å². The zero-order valence-corrected chi connectivity index (χ0v) is 19.4. The number of carbonyl (C=O) groups is 1. The number of benzene rings is 1. The van der Waals surface area contributed by atoms with Gasteiger partial charge in [0.1, 0.15) is 0 Å². The Balaban J connectivity index is 1.54. The van der Waals surface area contributed by atoms with Crippen LogP contribution in [0, 0.1) is 11.3 Å².